The summed E-state index contributed by atoms with van der Waals surface area (Å²) in [5.41, 5.74) is 1.48. The average molecular weight is 369 g/mol. The molecule has 0 unspecified atom stereocenters. The van der Waals surface area contributed by atoms with Crippen LogP contribution in [0.15, 0.2) is 41.2 Å². The second-order valence-electron chi connectivity index (χ2n) is 5.84. The molecule has 9 heteroatoms. The normalized spacial score (nSPS) is 10.6. The van der Waals surface area contributed by atoms with E-state index < -0.39 is 0 Å². The van der Waals surface area contributed by atoms with Gasteiger partial charge in [0.2, 0.25) is 11.8 Å². The van der Waals surface area contributed by atoms with E-state index in [0.717, 1.165) is 11.3 Å². The highest BCUT2D eigenvalue weighted by Gasteiger charge is 2.09. The highest BCUT2D eigenvalue weighted by Crippen LogP contribution is 2.11. The Hall–Kier alpha value is -3.62. The minimum atomic E-state index is -0.366. The summed E-state index contributed by atoms with van der Waals surface area (Å²) in [6.45, 7) is 0.378. The Bertz CT molecular complexity index is 1010. The number of aromatic nitrogens is 3. The Morgan fingerprint density at radius 2 is 1.78 bits per heavy atom. The monoisotopic (exact) mass is 369 g/mol. The summed E-state index contributed by atoms with van der Waals surface area (Å²) in [7, 11) is 1.59. The highest BCUT2D eigenvalue weighted by atomic mass is 16.5. The predicted molar refractivity (Wildman–Crippen MR) is 99.4 cm³/mol. The molecule has 0 saturated carbocycles. The lowest BCUT2D eigenvalue weighted by molar-refractivity contribution is -0.124. The third-order valence-corrected chi connectivity index (χ3v) is 3.87. The van der Waals surface area contributed by atoms with Crippen LogP contribution in [0.3, 0.4) is 0 Å². The van der Waals surface area contributed by atoms with Crippen molar-refractivity contribution in [2.75, 3.05) is 12.4 Å². The topological polar surface area (TPSA) is 129 Å². The fourth-order valence-electron chi connectivity index (χ4n) is 2.45. The highest BCUT2D eigenvalue weighted by molar-refractivity contribution is 5.93. The number of pyridine rings is 1. The van der Waals surface area contributed by atoms with E-state index in [1.807, 2.05) is 24.3 Å². The summed E-state index contributed by atoms with van der Waals surface area (Å²) in [5, 5.41) is 5.37. The van der Waals surface area contributed by atoms with Gasteiger partial charge in [-0.25, -0.2) is 9.78 Å². The summed E-state index contributed by atoms with van der Waals surface area (Å²) in [6.07, 6.45) is 0.0863. The fraction of sp³-hybridized carbons (Fsp3) is 0.222. The summed E-state index contributed by atoms with van der Waals surface area (Å²) in [4.78, 5) is 44.3. The summed E-state index contributed by atoms with van der Waals surface area (Å²) < 4.78 is 5.08. The molecule has 2 amide bonds. The molecule has 9 nitrogen and oxygen atoms in total. The third-order valence-electron chi connectivity index (χ3n) is 3.87. The number of anilines is 1. The lowest BCUT2D eigenvalue weighted by Gasteiger charge is -2.07. The molecular formula is C18H19N5O4. The summed E-state index contributed by atoms with van der Waals surface area (Å²) >= 11 is 0. The van der Waals surface area contributed by atoms with Gasteiger partial charge in [0, 0.05) is 19.4 Å². The largest absolute Gasteiger partial charge is 0.497 e. The molecule has 0 aliphatic carbocycles. The fourth-order valence-corrected chi connectivity index (χ4v) is 2.45. The maximum Gasteiger partial charge on any atom is 0.325 e. The first kappa shape index (κ1) is 18.2. The number of methoxy groups -OCH3 is 1. The number of aromatic amines is 2. The standard InChI is InChI=1S/C18H19N5O4/c1-27-12-4-2-11(3-5-12)10-19-15(24)8-9-16(25)21-14-7-6-13-17(22-14)23-18(26)20-13/h2-7H,8-10H2,1H3,(H,19,24)(H3,20,21,22,23,25,26). The predicted octanol–water partition coefficient (Wildman–Crippen LogP) is 1.29. The quantitative estimate of drug-likeness (QED) is 0.499. The maximum absolute atomic E-state index is 12.0. The van der Waals surface area contributed by atoms with Crippen LogP contribution in [0.2, 0.25) is 0 Å². The van der Waals surface area contributed by atoms with Gasteiger partial charge in [-0.3, -0.25) is 14.6 Å². The molecular weight excluding hydrogens is 350 g/mol. The lowest BCUT2D eigenvalue weighted by Crippen LogP contribution is -2.24. The van der Waals surface area contributed by atoms with E-state index in [1.54, 1.807) is 19.2 Å². The molecule has 4 N–H and O–H groups in total. The molecule has 0 fully saturated rings. The number of imidazole rings is 1. The summed E-state index contributed by atoms with van der Waals surface area (Å²) in [5.74, 6) is 0.498. The van der Waals surface area contributed by atoms with Gasteiger partial charge in [0.1, 0.15) is 11.6 Å². The van der Waals surface area contributed by atoms with Crippen LogP contribution in [-0.4, -0.2) is 33.9 Å². The van der Waals surface area contributed by atoms with Crippen molar-refractivity contribution in [2.45, 2.75) is 19.4 Å². The second-order valence-corrected chi connectivity index (χ2v) is 5.84. The zero-order valence-electron chi connectivity index (χ0n) is 14.7. The van der Waals surface area contributed by atoms with Crippen LogP contribution >= 0.6 is 0 Å². The van der Waals surface area contributed by atoms with Crippen LogP contribution in [0.5, 0.6) is 5.75 Å². The Kier molecular flexibility index (Phi) is 5.50. The van der Waals surface area contributed by atoms with Gasteiger partial charge >= 0.3 is 5.69 Å². The first-order valence-corrected chi connectivity index (χ1v) is 8.32. The van der Waals surface area contributed by atoms with Crippen molar-refractivity contribution in [3.63, 3.8) is 0 Å². The number of nitrogens with zero attached hydrogens (tertiary/aromatic N) is 1. The molecule has 2 heterocycles. The molecule has 0 radical (unpaired) electrons. The van der Waals surface area contributed by atoms with Crippen molar-refractivity contribution in [1.29, 1.82) is 0 Å². The number of benzene rings is 1. The van der Waals surface area contributed by atoms with Crippen LogP contribution in [0.1, 0.15) is 18.4 Å². The number of hydrogen-bond donors (Lipinski definition) is 4. The van der Waals surface area contributed by atoms with Gasteiger partial charge in [-0.2, -0.15) is 0 Å². The van der Waals surface area contributed by atoms with Gasteiger partial charge in [0.05, 0.1) is 12.6 Å². The van der Waals surface area contributed by atoms with E-state index in [0.29, 0.717) is 23.5 Å². The number of carbonyl (C=O) groups is 2. The number of H-pyrrole nitrogens is 2. The Labute approximate surface area is 154 Å². The van der Waals surface area contributed by atoms with Crippen molar-refractivity contribution >= 4 is 28.8 Å². The molecule has 3 rings (SSSR count). The van der Waals surface area contributed by atoms with Gasteiger partial charge in [-0.05, 0) is 29.8 Å². The number of amides is 2. The maximum atomic E-state index is 12.0. The van der Waals surface area contributed by atoms with Crippen molar-refractivity contribution in [3.05, 3.63) is 52.4 Å². The third kappa shape index (κ3) is 4.94. The minimum absolute atomic E-state index is 0.0256. The van der Waals surface area contributed by atoms with E-state index >= 15 is 0 Å². The second kappa shape index (κ2) is 8.17. The average Bonchev–Trinajstić information content (AvgIpc) is 3.04. The molecule has 0 bridgehead atoms. The van der Waals surface area contributed by atoms with Gasteiger partial charge in [-0.15, -0.1) is 0 Å². The molecule has 0 aliphatic heterocycles. The van der Waals surface area contributed by atoms with E-state index in [-0.39, 0.29) is 30.3 Å². The lowest BCUT2D eigenvalue weighted by atomic mass is 10.2. The smallest absolute Gasteiger partial charge is 0.325 e. The Morgan fingerprint density at radius 3 is 2.52 bits per heavy atom. The number of hydrogen-bond acceptors (Lipinski definition) is 5. The van der Waals surface area contributed by atoms with Crippen molar-refractivity contribution in [2.24, 2.45) is 0 Å². The van der Waals surface area contributed by atoms with Crippen molar-refractivity contribution < 1.29 is 14.3 Å². The first-order valence-electron chi connectivity index (χ1n) is 8.32. The van der Waals surface area contributed by atoms with Crippen LogP contribution < -0.4 is 21.1 Å². The van der Waals surface area contributed by atoms with E-state index in [4.69, 9.17) is 4.74 Å². The zero-order valence-corrected chi connectivity index (χ0v) is 14.7. The number of nitrogens with one attached hydrogen (secondary N) is 4. The van der Waals surface area contributed by atoms with E-state index in [1.165, 1.54) is 0 Å². The van der Waals surface area contributed by atoms with Crippen LogP contribution in [0.25, 0.3) is 11.2 Å². The first-order chi connectivity index (χ1) is 13.0. The zero-order chi connectivity index (χ0) is 19.2. The SMILES string of the molecule is COc1ccc(CNC(=O)CCC(=O)Nc2ccc3[nH]c(=O)[nH]c3n2)cc1. The Balaban J connectivity index is 1.44. The summed E-state index contributed by atoms with van der Waals surface area (Å²) in [6, 6.07) is 10.6. The van der Waals surface area contributed by atoms with Gasteiger partial charge in [-0.1, -0.05) is 12.1 Å². The van der Waals surface area contributed by atoms with E-state index in [2.05, 4.69) is 25.6 Å². The molecule has 140 valence electrons. The molecule has 3 aromatic rings. The molecule has 27 heavy (non-hydrogen) atoms. The van der Waals surface area contributed by atoms with Crippen LogP contribution in [0, 0.1) is 0 Å². The van der Waals surface area contributed by atoms with Crippen LogP contribution in [-0.2, 0) is 16.1 Å². The van der Waals surface area contributed by atoms with Crippen molar-refractivity contribution in [3.8, 4) is 5.75 Å². The van der Waals surface area contributed by atoms with Gasteiger partial charge in [0.15, 0.2) is 5.65 Å². The van der Waals surface area contributed by atoms with Gasteiger partial charge < -0.3 is 20.4 Å². The number of fused-ring (bicyclic) bond motifs is 1. The molecule has 0 atom stereocenters. The molecule has 2 aromatic heterocycles. The molecule has 0 spiro atoms. The Morgan fingerprint density at radius 1 is 1.04 bits per heavy atom. The number of carbonyl (C=O) groups excluding carboxylic acids is 2. The number of ether oxygens (including phenoxy) is 1. The number of rotatable bonds is 7. The molecule has 0 aliphatic rings. The van der Waals surface area contributed by atoms with E-state index in [9.17, 15) is 14.4 Å². The van der Waals surface area contributed by atoms with Crippen LogP contribution in [0.4, 0.5) is 5.82 Å². The van der Waals surface area contributed by atoms with Gasteiger partial charge in [0.25, 0.3) is 0 Å². The minimum Gasteiger partial charge on any atom is -0.497 e. The molecule has 1 aromatic carbocycles. The van der Waals surface area contributed by atoms with Crippen molar-refractivity contribution in [1.82, 2.24) is 20.3 Å². The molecule has 0 saturated heterocycles.